The highest BCUT2D eigenvalue weighted by Crippen LogP contribution is 2.24. The number of nitrogens with zero attached hydrogens (tertiary/aromatic N) is 1. The van der Waals surface area contributed by atoms with E-state index in [1.165, 1.54) is 11.3 Å². The molecule has 0 aliphatic carbocycles. The smallest absolute Gasteiger partial charge is 0.223 e. The van der Waals surface area contributed by atoms with Crippen LogP contribution in [-0.4, -0.2) is 15.8 Å². The van der Waals surface area contributed by atoms with Crippen LogP contribution in [0.25, 0.3) is 10.9 Å². The number of thiazole rings is 1. The fourth-order valence-electron chi connectivity index (χ4n) is 2.14. The van der Waals surface area contributed by atoms with Gasteiger partial charge in [0.2, 0.25) is 5.78 Å². The second-order valence-corrected chi connectivity index (χ2v) is 5.53. The molecule has 2 aromatic heterocycles. The van der Waals surface area contributed by atoms with Gasteiger partial charge < -0.3 is 10.7 Å². The standard InChI is InChI=1S/C15H15N3OS/c1-2-11(16)13-8-20-15(18-13)14(19)10-7-17-12-6-4-3-5-9(10)12/h3-8,11,17H,2,16H2,1H3/t11-/m0/s1. The van der Waals surface area contributed by atoms with Gasteiger partial charge in [0.25, 0.3) is 0 Å². The number of nitrogens with one attached hydrogen (secondary N) is 1. The SMILES string of the molecule is CC[C@H](N)c1csc(C(=O)c2c[nH]c3ccccc23)n1. The minimum atomic E-state index is -0.101. The highest BCUT2D eigenvalue weighted by molar-refractivity contribution is 7.12. The van der Waals surface area contributed by atoms with E-state index < -0.39 is 0 Å². The molecule has 20 heavy (non-hydrogen) atoms. The Morgan fingerprint density at radius 1 is 1.45 bits per heavy atom. The lowest BCUT2D eigenvalue weighted by Crippen LogP contribution is -2.09. The molecular weight excluding hydrogens is 270 g/mol. The topological polar surface area (TPSA) is 71.8 Å². The molecule has 0 amide bonds. The molecular formula is C15H15N3OS. The average molecular weight is 285 g/mol. The van der Waals surface area contributed by atoms with Gasteiger partial charge in [0.1, 0.15) is 0 Å². The van der Waals surface area contributed by atoms with Gasteiger partial charge in [0, 0.05) is 28.5 Å². The second-order valence-electron chi connectivity index (χ2n) is 4.67. The van der Waals surface area contributed by atoms with E-state index in [1.54, 1.807) is 6.20 Å². The number of nitrogens with two attached hydrogens (primary N) is 1. The van der Waals surface area contributed by atoms with Crippen LogP contribution in [0.2, 0.25) is 0 Å². The van der Waals surface area contributed by atoms with Gasteiger partial charge in [-0.3, -0.25) is 4.79 Å². The third-order valence-electron chi connectivity index (χ3n) is 3.37. The van der Waals surface area contributed by atoms with E-state index in [-0.39, 0.29) is 11.8 Å². The molecule has 0 aliphatic rings. The van der Waals surface area contributed by atoms with Crippen molar-refractivity contribution in [1.82, 2.24) is 9.97 Å². The number of rotatable bonds is 4. The zero-order valence-corrected chi connectivity index (χ0v) is 11.9. The predicted octanol–water partition coefficient (Wildman–Crippen LogP) is 3.27. The summed E-state index contributed by atoms with van der Waals surface area (Å²) in [5.41, 5.74) is 8.35. The van der Waals surface area contributed by atoms with Crippen molar-refractivity contribution in [3.63, 3.8) is 0 Å². The molecule has 0 bridgehead atoms. The third kappa shape index (κ3) is 2.15. The van der Waals surface area contributed by atoms with Crippen molar-refractivity contribution in [1.29, 1.82) is 0 Å². The number of benzene rings is 1. The second kappa shape index (κ2) is 5.19. The molecule has 102 valence electrons. The van der Waals surface area contributed by atoms with Gasteiger partial charge in [-0.05, 0) is 12.5 Å². The summed E-state index contributed by atoms with van der Waals surface area (Å²) < 4.78 is 0. The Hall–Kier alpha value is -1.98. The molecule has 0 aliphatic heterocycles. The molecule has 2 heterocycles. The van der Waals surface area contributed by atoms with E-state index in [0.29, 0.717) is 10.6 Å². The maximum atomic E-state index is 12.5. The number of aromatic amines is 1. The fraction of sp³-hybridized carbons (Fsp3) is 0.200. The van der Waals surface area contributed by atoms with Gasteiger partial charge in [0.05, 0.1) is 11.3 Å². The molecule has 3 N–H and O–H groups in total. The van der Waals surface area contributed by atoms with E-state index in [9.17, 15) is 4.79 Å². The largest absolute Gasteiger partial charge is 0.360 e. The van der Waals surface area contributed by atoms with Gasteiger partial charge in [0.15, 0.2) is 5.01 Å². The summed E-state index contributed by atoms with van der Waals surface area (Å²) in [6.07, 6.45) is 2.55. The minimum Gasteiger partial charge on any atom is -0.360 e. The zero-order valence-electron chi connectivity index (χ0n) is 11.1. The normalized spacial score (nSPS) is 12.7. The van der Waals surface area contributed by atoms with Crippen LogP contribution in [0, 0.1) is 0 Å². The molecule has 0 spiro atoms. The number of para-hydroxylation sites is 1. The molecule has 0 unspecified atom stereocenters. The highest BCUT2D eigenvalue weighted by atomic mass is 32.1. The quantitative estimate of drug-likeness (QED) is 0.723. The molecule has 0 fully saturated rings. The van der Waals surface area contributed by atoms with Crippen molar-refractivity contribution < 1.29 is 4.79 Å². The average Bonchev–Trinajstić information content (AvgIpc) is 3.12. The van der Waals surface area contributed by atoms with Crippen molar-refractivity contribution in [2.45, 2.75) is 19.4 Å². The third-order valence-corrected chi connectivity index (χ3v) is 4.23. The van der Waals surface area contributed by atoms with Gasteiger partial charge >= 0.3 is 0 Å². The number of carbonyl (C=O) groups is 1. The van der Waals surface area contributed by atoms with Gasteiger partial charge in [-0.1, -0.05) is 25.1 Å². The first kappa shape index (κ1) is 13.0. The Bertz CT molecular complexity index is 759. The number of aromatic nitrogens is 2. The zero-order chi connectivity index (χ0) is 14.1. The number of ketones is 1. The molecule has 4 nitrogen and oxygen atoms in total. The Labute approximate surface area is 120 Å². The summed E-state index contributed by atoms with van der Waals surface area (Å²) in [6.45, 7) is 2.01. The molecule has 0 saturated carbocycles. The maximum Gasteiger partial charge on any atom is 0.223 e. The number of fused-ring (bicyclic) bond motifs is 1. The fourth-order valence-corrected chi connectivity index (χ4v) is 2.98. The number of carbonyl (C=O) groups excluding carboxylic acids is 1. The van der Waals surface area contributed by atoms with Crippen molar-refractivity contribution in [3.8, 4) is 0 Å². The maximum absolute atomic E-state index is 12.5. The number of hydrogen-bond donors (Lipinski definition) is 2. The summed E-state index contributed by atoms with van der Waals surface area (Å²) in [5, 5.41) is 3.29. The Morgan fingerprint density at radius 3 is 3.05 bits per heavy atom. The van der Waals surface area contributed by atoms with Crippen LogP contribution in [0.3, 0.4) is 0 Å². The summed E-state index contributed by atoms with van der Waals surface area (Å²) in [4.78, 5) is 20.0. The highest BCUT2D eigenvalue weighted by Gasteiger charge is 2.18. The van der Waals surface area contributed by atoms with E-state index >= 15 is 0 Å². The van der Waals surface area contributed by atoms with Crippen LogP contribution in [0.1, 0.15) is 40.4 Å². The van der Waals surface area contributed by atoms with Crippen molar-refractivity contribution in [2.75, 3.05) is 0 Å². The molecule has 3 aromatic rings. The van der Waals surface area contributed by atoms with E-state index in [0.717, 1.165) is 23.0 Å². The van der Waals surface area contributed by atoms with Gasteiger partial charge in [-0.25, -0.2) is 4.98 Å². The Morgan fingerprint density at radius 2 is 2.25 bits per heavy atom. The lowest BCUT2D eigenvalue weighted by Gasteiger charge is -2.02. The van der Waals surface area contributed by atoms with Crippen LogP contribution in [0.4, 0.5) is 0 Å². The van der Waals surface area contributed by atoms with Gasteiger partial charge in [-0.15, -0.1) is 11.3 Å². The molecule has 3 rings (SSSR count). The van der Waals surface area contributed by atoms with Crippen molar-refractivity contribution in [3.05, 3.63) is 52.1 Å². The molecule has 0 saturated heterocycles. The number of hydrogen-bond acceptors (Lipinski definition) is 4. The van der Waals surface area contributed by atoms with Crippen LogP contribution in [0.15, 0.2) is 35.8 Å². The lowest BCUT2D eigenvalue weighted by molar-refractivity contribution is 0.103. The lowest BCUT2D eigenvalue weighted by atomic mass is 10.1. The Balaban J connectivity index is 1.98. The summed E-state index contributed by atoms with van der Waals surface area (Å²) in [7, 11) is 0. The van der Waals surface area contributed by atoms with Crippen LogP contribution in [-0.2, 0) is 0 Å². The van der Waals surface area contributed by atoms with Crippen molar-refractivity contribution in [2.24, 2.45) is 5.73 Å². The summed E-state index contributed by atoms with van der Waals surface area (Å²) in [6, 6.07) is 7.65. The first-order valence-corrected chi connectivity index (χ1v) is 7.40. The Kier molecular flexibility index (Phi) is 3.38. The van der Waals surface area contributed by atoms with Crippen molar-refractivity contribution >= 4 is 28.0 Å². The molecule has 1 atom stereocenters. The number of H-pyrrole nitrogens is 1. The molecule has 1 aromatic carbocycles. The van der Waals surface area contributed by atoms with Gasteiger partial charge in [-0.2, -0.15) is 0 Å². The summed E-state index contributed by atoms with van der Waals surface area (Å²) >= 11 is 1.35. The minimum absolute atomic E-state index is 0.0537. The van der Waals surface area contributed by atoms with E-state index in [1.807, 2.05) is 36.6 Å². The van der Waals surface area contributed by atoms with Crippen LogP contribution >= 0.6 is 11.3 Å². The summed E-state index contributed by atoms with van der Waals surface area (Å²) in [5.74, 6) is -0.0537. The molecule has 0 radical (unpaired) electrons. The van der Waals surface area contributed by atoms with Crippen LogP contribution in [0.5, 0.6) is 0 Å². The first-order valence-electron chi connectivity index (χ1n) is 6.52. The van der Waals surface area contributed by atoms with E-state index in [4.69, 9.17) is 5.73 Å². The predicted molar refractivity (Wildman–Crippen MR) is 81.1 cm³/mol. The van der Waals surface area contributed by atoms with Crippen LogP contribution < -0.4 is 5.73 Å². The molecule has 5 heteroatoms. The van der Waals surface area contributed by atoms with E-state index in [2.05, 4.69) is 9.97 Å². The monoisotopic (exact) mass is 285 g/mol. The first-order chi connectivity index (χ1) is 9.70.